The fourth-order valence-electron chi connectivity index (χ4n) is 0.799. The van der Waals surface area contributed by atoms with Gasteiger partial charge in [-0.2, -0.15) is 9.90 Å². The summed E-state index contributed by atoms with van der Waals surface area (Å²) in [6, 6.07) is 4.69. The fraction of sp³-hybridized carbons (Fsp3) is 0.250. The minimum atomic E-state index is -0.496. The van der Waals surface area contributed by atoms with Crippen molar-refractivity contribution in [3.63, 3.8) is 0 Å². The van der Waals surface area contributed by atoms with Gasteiger partial charge < -0.3 is 15.4 Å². The van der Waals surface area contributed by atoms with E-state index in [-0.39, 0.29) is 15.6 Å². The lowest BCUT2D eigenvalue weighted by Crippen LogP contribution is -1.91. The van der Waals surface area contributed by atoms with Crippen molar-refractivity contribution in [3.05, 3.63) is 18.2 Å². The van der Waals surface area contributed by atoms with E-state index < -0.39 is 8.15 Å². The Morgan fingerprint density at radius 2 is 2.00 bits per heavy atom. The molecule has 13 heavy (non-hydrogen) atoms. The van der Waals surface area contributed by atoms with Gasteiger partial charge in [0.2, 0.25) is 0 Å². The van der Waals surface area contributed by atoms with Crippen LogP contribution in [0, 0.1) is 0 Å². The van der Waals surface area contributed by atoms with E-state index >= 15 is 0 Å². The summed E-state index contributed by atoms with van der Waals surface area (Å²) in [5.74, 6) is 0.738. The van der Waals surface area contributed by atoms with E-state index in [0.29, 0.717) is 11.4 Å². The van der Waals surface area contributed by atoms with E-state index in [9.17, 15) is 0 Å². The summed E-state index contributed by atoms with van der Waals surface area (Å²) in [4.78, 5) is 0. The lowest BCUT2D eigenvalue weighted by atomic mass is 10.3. The molecule has 0 bridgehead atoms. The molecule has 3 N–H and O–H groups in total. The van der Waals surface area contributed by atoms with Crippen molar-refractivity contribution < 1.29 is 9.63 Å². The summed E-state index contributed by atoms with van der Waals surface area (Å²) in [5, 5.41) is 9.12. The van der Waals surface area contributed by atoms with E-state index in [2.05, 4.69) is 0 Å². The first-order valence-corrected chi connectivity index (χ1v) is 5.69. The number of aromatic hydroxyl groups is 1. The Bertz CT molecular complexity index is 279. The summed E-state index contributed by atoms with van der Waals surface area (Å²) in [6.45, 7) is 3.94. The van der Waals surface area contributed by atoms with Gasteiger partial charge in [0.1, 0.15) is 11.5 Å². The van der Waals surface area contributed by atoms with Gasteiger partial charge in [-0.05, 0) is 25.5 Å². The summed E-state index contributed by atoms with van der Waals surface area (Å²) < 4.78 is 5.41. The van der Waals surface area contributed by atoms with E-state index in [1.54, 1.807) is 6.07 Å². The van der Waals surface area contributed by atoms with Crippen molar-refractivity contribution in [2.45, 2.75) is 0 Å². The Labute approximate surface area is 82.7 Å². The van der Waals surface area contributed by atoms with Crippen LogP contribution in [0.2, 0.25) is 0 Å². The number of nitrogen functional groups attached to an aromatic ring is 1. The molecule has 0 fully saturated rings. The van der Waals surface area contributed by atoms with Crippen LogP contribution in [0.1, 0.15) is 0 Å². The first kappa shape index (κ1) is 12.5. The van der Waals surface area contributed by atoms with Gasteiger partial charge >= 0.3 is 0 Å². The van der Waals surface area contributed by atoms with E-state index in [1.165, 1.54) is 12.1 Å². The van der Waals surface area contributed by atoms with E-state index in [0.717, 1.165) is 0 Å². The first-order chi connectivity index (χ1) is 5.59. The maximum Gasteiger partial charge on any atom is 0.149 e. The van der Waals surface area contributed by atoms with Crippen LogP contribution in [0.15, 0.2) is 18.2 Å². The molecule has 74 valence electrons. The van der Waals surface area contributed by atoms with Crippen LogP contribution in [0.25, 0.3) is 0 Å². The van der Waals surface area contributed by atoms with Gasteiger partial charge in [0.05, 0.1) is 13.8 Å². The molecular formula is C8H15NO2P2. The Balaban J connectivity index is 0.00000144. The van der Waals surface area contributed by atoms with Crippen LogP contribution >= 0.6 is 18.0 Å². The Morgan fingerprint density at radius 1 is 1.38 bits per heavy atom. The monoisotopic (exact) mass is 219 g/mol. The normalized spacial score (nSPS) is 9.46. The third-order valence-electron chi connectivity index (χ3n) is 1.28. The number of anilines is 1. The molecule has 0 saturated heterocycles. The van der Waals surface area contributed by atoms with Crippen molar-refractivity contribution in [1.82, 2.24) is 0 Å². The summed E-state index contributed by atoms with van der Waals surface area (Å²) >= 11 is 0. The molecule has 1 atom stereocenters. The van der Waals surface area contributed by atoms with Gasteiger partial charge in [0.25, 0.3) is 0 Å². The van der Waals surface area contributed by atoms with Crippen molar-refractivity contribution in [1.29, 1.82) is 0 Å². The lowest BCUT2D eigenvalue weighted by Gasteiger charge is -2.11. The van der Waals surface area contributed by atoms with Crippen LogP contribution in [-0.4, -0.2) is 18.4 Å². The molecule has 1 aromatic rings. The third kappa shape index (κ3) is 3.80. The molecule has 1 rings (SSSR count). The zero-order valence-electron chi connectivity index (χ0n) is 7.82. The number of phenolic OH excluding ortho intramolecular Hbond substituents is 1. The molecule has 0 aliphatic carbocycles. The molecule has 0 radical (unpaired) electrons. The average Bonchev–Trinajstić information content (AvgIpc) is 1.96. The van der Waals surface area contributed by atoms with Crippen LogP contribution < -0.4 is 10.3 Å². The van der Waals surface area contributed by atoms with Crippen LogP contribution in [-0.2, 0) is 0 Å². The number of phenols is 1. The fourth-order valence-corrected chi connectivity index (χ4v) is 1.35. The zero-order valence-corrected chi connectivity index (χ0v) is 10.1. The smallest absolute Gasteiger partial charge is 0.149 e. The molecule has 0 aromatic heterocycles. The highest BCUT2D eigenvalue weighted by molar-refractivity contribution is 7.51. The Morgan fingerprint density at radius 3 is 2.54 bits per heavy atom. The number of hydrogen-bond donors (Lipinski definition) is 2. The SMILES string of the molecule is CP(C)Oc1cc(O)ccc1N.P. The molecule has 3 nitrogen and oxygen atoms in total. The largest absolute Gasteiger partial charge is 0.508 e. The zero-order chi connectivity index (χ0) is 9.14. The number of hydrogen-bond acceptors (Lipinski definition) is 3. The van der Waals surface area contributed by atoms with Gasteiger partial charge in [0, 0.05) is 6.07 Å². The molecule has 0 aliphatic rings. The second-order valence-electron chi connectivity index (χ2n) is 2.63. The van der Waals surface area contributed by atoms with Crippen molar-refractivity contribution in [2.24, 2.45) is 0 Å². The molecule has 5 heteroatoms. The summed E-state index contributed by atoms with van der Waals surface area (Å²) in [6.07, 6.45) is 0. The third-order valence-corrected chi connectivity index (χ3v) is 1.84. The molecule has 1 aromatic carbocycles. The van der Waals surface area contributed by atoms with Crippen molar-refractivity contribution in [3.8, 4) is 11.5 Å². The predicted molar refractivity (Wildman–Crippen MR) is 63.0 cm³/mol. The van der Waals surface area contributed by atoms with E-state index in [1.807, 2.05) is 13.3 Å². The highest BCUT2D eigenvalue weighted by atomic mass is 31.1. The molecule has 1 unspecified atom stereocenters. The summed E-state index contributed by atoms with van der Waals surface area (Å²) in [7, 11) is -0.496. The maximum absolute atomic E-state index is 9.12. The highest BCUT2D eigenvalue weighted by Gasteiger charge is 2.03. The quantitative estimate of drug-likeness (QED) is 0.454. The molecule has 0 heterocycles. The molecule has 0 aliphatic heterocycles. The topological polar surface area (TPSA) is 55.5 Å². The van der Waals surface area contributed by atoms with Crippen LogP contribution in [0.4, 0.5) is 5.69 Å². The number of nitrogens with two attached hydrogens (primary N) is 1. The predicted octanol–water partition coefficient (Wildman–Crippen LogP) is 2.07. The van der Waals surface area contributed by atoms with Gasteiger partial charge in [-0.25, -0.2) is 0 Å². The second kappa shape index (κ2) is 5.26. The lowest BCUT2D eigenvalue weighted by molar-refractivity contribution is 0.472. The standard InChI is InChI=1S/C8H12NO2P.H3P/c1-12(2)11-8-5-6(10)3-4-7(8)9;/h3-5,10H,9H2,1-2H3;1H3. The first-order valence-electron chi connectivity index (χ1n) is 3.53. The second-order valence-corrected chi connectivity index (χ2v) is 4.43. The highest BCUT2D eigenvalue weighted by Crippen LogP contribution is 2.35. The van der Waals surface area contributed by atoms with Gasteiger partial charge in [-0.15, -0.1) is 0 Å². The molecular weight excluding hydrogens is 204 g/mol. The van der Waals surface area contributed by atoms with Crippen LogP contribution in [0.3, 0.4) is 0 Å². The maximum atomic E-state index is 9.12. The molecule has 0 saturated carbocycles. The van der Waals surface area contributed by atoms with Gasteiger partial charge in [-0.1, -0.05) is 0 Å². The summed E-state index contributed by atoms with van der Waals surface area (Å²) in [5.41, 5.74) is 6.17. The average molecular weight is 219 g/mol. The van der Waals surface area contributed by atoms with Gasteiger partial charge in [0.15, 0.2) is 0 Å². The minimum Gasteiger partial charge on any atom is -0.508 e. The Kier molecular flexibility index (Phi) is 5.05. The Hall–Kier alpha value is -0.520. The molecule has 0 spiro atoms. The molecule has 0 amide bonds. The number of rotatable bonds is 2. The van der Waals surface area contributed by atoms with Crippen molar-refractivity contribution >= 4 is 23.7 Å². The number of benzene rings is 1. The van der Waals surface area contributed by atoms with E-state index in [4.69, 9.17) is 15.4 Å². The minimum absolute atomic E-state index is 0. The van der Waals surface area contributed by atoms with Crippen molar-refractivity contribution in [2.75, 3.05) is 19.1 Å². The van der Waals surface area contributed by atoms with Gasteiger partial charge in [-0.3, -0.25) is 0 Å². The van der Waals surface area contributed by atoms with Crippen LogP contribution in [0.5, 0.6) is 11.5 Å².